The minimum atomic E-state index is -0.647. The van der Waals surface area contributed by atoms with E-state index in [-0.39, 0.29) is 65.7 Å². The van der Waals surface area contributed by atoms with Crippen LogP contribution in [0.5, 0.6) is 11.5 Å². The number of rotatable bonds is 11. The number of nitrogens with one attached hydrogen (secondary N) is 3. The van der Waals surface area contributed by atoms with Gasteiger partial charge in [-0.05, 0) is 109 Å². The molecule has 4 fully saturated rings. The molecule has 4 aromatic rings. The number of hydrogen-bond acceptors (Lipinski definition) is 13. The van der Waals surface area contributed by atoms with Gasteiger partial charge in [-0.3, -0.25) is 29.3 Å². The summed E-state index contributed by atoms with van der Waals surface area (Å²) < 4.78 is 20.5. The van der Waals surface area contributed by atoms with E-state index < -0.39 is 11.9 Å². The van der Waals surface area contributed by atoms with Crippen molar-refractivity contribution in [3.63, 3.8) is 0 Å². The molecule has 18 heteroatoms. The summed E-state index contributed by atoms with van der Waals surface area (Å²) in [5.41, 5.74) is 3.70. The van der Waals surface area contributed by atoms with E-state index in [1.165, 1.54) is 12.6 Å². The molecular formula is C48H56ClN9O8. The SMILES string of the molecule is CNC(=O)COc1cc2cc(Nc3nc(N4CCC(O[C@H]5CC[C@@H](N6CCC7(CC6)COc6c7ccc7c6CN(C6CCC(=O)NC6=O)C7=O)C5)CC4)ncc3Cl)ccc2n(C(C)C)c1=O. The maximum atomic E-state index is 13.4. The molecule has 1 saturated carbocycles. The molecule has 0 bridgehead atoms. The highest BCUT2D eigenvalue weighted by Crippen LogP contribution is 2.50. The van der Waals surface area contributed by atoms with Crippen molar-refractivity contribution in [2.45, 2.75) is 114 Å². The number of anilines is 3. The number of nitrogens with zero attached hydrogens (tertiary/aromatic N) is 6. The van der Waals surface area contributed by atoms with Gasteiger partial charge in [-0.15, -0.1) is 0 Å². The number of likely N-dealkylation sites (N-methyl/N-ethyl adjacent to an activating group) is 1. The van der Waals surface area contributed by atoms with E-state index in [9.17, 15) is 24.0 Å². The number of amides is 4. The molecule has 6 aliphatic rings. The van der Waals surface area contributed by atoms with E-state index in [1.807, 2.05) is 38.1 Å². The van der Waals surface area contributed by atoms with Crippen LogP contribution in [0.2, 0.25) is 5.02 Å². The van der Waals surface area contributed by atoms with Gasteiger partial charge in [0.1, 0.15) is 16.8 Å². The van der Waals surface area contributed by atoms with Crippen LogP contribution < -0.4 is 35.9 Å². The Labute approximate surface area is 387 Å². The fourth-order valence-corrected chi connectivity index (χ4v) is 11.2. The number of hydrogen-bond donors (Lipinski definition) is 3. The number of imide groups is 1. The zero-order valence-electron chi connectivity index (χ0n) is 37.6. The minimum Gasteiger partial charge on any atom is -0.492 e. The molecule has 17 nitrogen and oxygen atoms in total. The van der Waals surface area contributed by atoms with Gasteiger partial charge in [0.25, 0.3) is 17.4 Å². The van der Waals surface area contributed by atoms with Gasteiger partial charge >= 0.3 is 0 Å². The van der Waals surface area contributed by atoms with Crippen LogP contribution in [0.15, 0.2) is 47.4 Å². The summed E-state index contributed by atoms with van der Waals surface area (Å²) in [6.45, 7) is 7.98. The molecule has 2 aromatic heterocycles. The average Bonchev–Trinajstić information content (AvgIpc) is 4.02. The summed E-state index contributed by atoms with van der Waals surface area (Å²) in [4.78, 5) is 78.8. The van der Waals surface area contributed by atoms with E-state index in [4.69, 9.17) is 30.8 Å². The fraction of sp³-hybridized carbons (Fsp3) is 0.521. The molecule has 4 amide bonds. The number of pyridine rings is 1. The molecule has 2 aromatic carbocycles. The summed E-state index contributed by atoms with van der Waals surface area (Å²) >= 11 is 6.63. The Morgan fingerprint density at radius 2 is 1.80 bits per heavy atom. The second-order valence-corrected chi connectivity index (χ2v) is 19.3. The number of carbonyl (C=O) groups is 4. The number of fused-ring (bicyclic) bond motifs is 5. The molecule has 1 aliphatic carbocycles. The molecule has 7 heterocycles. The van der Waals surface area contributed by atoms with Crippen molar-refractivity contribution >= 4 is 63.6 Å². The summed E-state index contributed by atoms with van der Waals surface area (Å²) in [6, 6.07) is 11.0. The lowest BCUT2D eigenvalue weighted by Crippen LogP contribution is -2.52. The molecule has 0 radical (unpaired) electrons. The Bertz CT molecular complexity index is 2660. The predicted octanol–water partition coefficient (Wildman–Crippen LogP) is 4.99. The fourth-order valence-electron chi connectivity index (χ4n) is 11.0. The molecule has 10 rings (SSSR count). The zero-order chi connectivity index (χ0) is 45.9. The van der Waals surface area contributed by atoms with Crippen LogP contribution in [0, 0.1) is 0 Å². The van der Waals surface area contributed by atoms with E-state index in [2.05, 4.69) is 36.8 Å². The van der Waals surface area contributed by atoms with Gasteiger partial charge in [-0.2, -0.15) is 4.98 Å². The normalized spacial score (nSPS) is 23.0. The van der Waals surface area contributed by atoms with Crippen molar-refractivity contribution in [3.8, 4) is 11.5 Å². The topological polar surface area (TPSA) is 190 Å². The van der Waals surface area contributed by atoms with Crippen LogP contribution in [0.1, 0.15) is 99.2 Å². The third-order valence-electron chi connectivity index (χ3n) is 14.6. The number of aromatic nitrogens is 3. The Balaban J connectivity index is 0.718. The van der Waals surface area contributed by atoms with Crippen molar-refractivity contribution in [1.29, 1.82) is 0 Å². The number of halogens is 1. The Kier molecular flexibility index (Phi) is 11.9. The highest BCUT2D eigenvalue weighted by Gasteiger charge is 2.48. The molecule has 66 heavy (non-hydrogen) atoms. The number of ether oxygens (including phenoxy) is 3. The number of benzene rings is 2. The maximum Gasteiger partial charge on any atom is 0.293 e. The standard InChI is InChI=1S/C48H56ClN9O8/c1-27(2)58-37-9-4-29(20-28(37)21-39(46(58)63)64-25-41(60)50-3)52-43-36(49)23-51-47(54-43)56-16-12-31(13-17-56)66-32-6-5-30(22-32)55-18-14-48(15-19-55)26-65-42-34-24-57(38-10-11-40(59)53-44(38)61)45(62)33(34)7-8-35(42)48/h4,7-9,20-21,23,27,30-32,38H,5-6,10-19,22,24-26H2,1-3H3,(H,50,60)(H,51,52,54)(H,53,59,61)/t30-,32+,38?/m1/s1. The molecule has 1 spiro atoms. The van der Waals surface area contributed by atoms with Crippen molar-refractivity contribution in [2.75, 3.05) is 56.7 Å². The molecule has 3 saturated heterocycles. The summed E-state index contributed by atoms with van der Waals surface area (Å²) in [5.74, 6) is 0.764. The van der Waals surface area contributed by atoms with Crippen LogP contribution in [-0.4, -0.2) is 119 Å². The number of likely N-dealkylation sites (tertiary alicyclic amines) is 1. The Morgan fingerprint density at radius 3 is 2.56 bits per heavy atom. The van der Waals surface area contributed by atoms with Gasteiger partial charge < -0.3 is 44.1 Å². The molecule has 3 N–H and O–H groups in total. The first kappa shape index (κ1) is 44.1. The lowest BCUT2D eigenvalue weighted by Gasteiger charge is -2.41. The van der Waals surface area contributed by atoms with Gasteiger partial charge in [0.2, 0.25) is 17.8 Å². The summed E-state index contributed by atoms with van der Waals surface area (Å²) in [5, 5.41) is 9.38. The van der Waals surface area contributed by atoms with Gasteiger partial charge in [0.15, 0.2) is 18.2 Å². The highest BCUT2D eigenvalue weighted by atomic mass is 35.5. The molecule has 1 unspecified atom stereocenters. The lowest BCUT2D eigenvalue weighted by molar-refractivity contribution is -0.137. The lowest BCUT2D eigenvalue weighted by atomic mass is 9.73. The van der Waals surface area contributed by atoms with E-state index in [1.54, 1.807) is 21.7 Å². The monoisotopic (exact) mass is 921 g/mol. The molecular weight excluding hydrogens is 866 g/mol. The van der Waals surface area contributed by atoms with E-state index >= 15 is 0 Å². The van der Waals surface area contributed by atoms with Gasteiger partial charge in [-0.1, -0.05) is 17.7 Å². The van der Waals surface area contributed by atoms with Gasteiger partial charge in [0, 0.05) is 71.8 Å². The second-order valence-electron chi connectivity index (χ2n) is 18.9. The van der Waals surface area contributed by atoms with Crippen LogP contribution >= 0.6 is 11.6 Å². The van der Waals surface area contributed by atoms with Crippen LogP contribution in [0.3, 0.4) is 0 Å². The van der Waals surface area contributed by atoms with E-state index in [0.717, 1.165) is 93.3 Å². The Morgan fingerprint density at radius 1 is 1.00 bits per heavy atom. The largest absolute Gasteiger partial charge is 0.492 e. The zero-order valence-corrected chi connectivity index (χ0v) is 38.3. The molecule has 348 valence electrons. The number of carbonyl (C=O) groups excluding carboxylic acids is 4. The summed E-state index contributed by atoms with van der Waals surface area (Å²) in [6.07, 6.45) is 9.46. The third kappa shape index (κ3) is 8.23. The van der Waals surface area contributed by atoms with Crippen molar-refractivity contribution in [1.82, 2.24) is 35.0 Å². The third-order valence-corrected chi connectivity index (χ3v) is 14.9. The minimum absolute atomic E-state index is 0.0906. The molecule has 5 aliphatic heterocycles. The van der Waals surface area contributed by atoms with Gasteiger partial charge in [-0.25, -0.2) is 4.98 Å². The highest BCUT2D eigenvalue weighted by molar-refractivity contribution is 6.33. The first-order valence-electron chi connectivity index (χ1n) is 23.3. The summed E-state index contributed by atoms with van der Waals surface area (Å²) in [7, 11) is 1.52. The van der Waals surface area contributed by atoms with Crippen LogP contribution in [0.25, 0.3) is 10.9 Å². The van der Waals surface area contributed by atoms with Crippen molar-refractivity contribution in [2.24, 2.45) is 0 Å². The van der Waals surface area contributed by atoms with E-state index in [0.29, 0.717) is 53.7 Å². The molecule has 3 atom stereocenters. The number of piperidine rings is 3. The maximum absolute atomic E-state index is 13.4. The second kappa shape index (κ2) is 17.8. The van der Waals surface area contributed by atoms with Crippen LogP contribution in [0.4, 0.5) is 17.5 Å². The first-order valence-corrected chi connectivity index (χ1v) is 23.7. The van der Waals surface area contributed by atoms with Gasteiger partial charge in [0.05, 0.1) is 37.1 Å². The Hall–Kier alpha value is -5.78. The van der Waals surface area contributed by atoms with Crippen molar-refractivity contribution in [3.05, 3.63) is 74.7 Å². The predicted molar refractivity (Wildman–Crippen MR) is 247 cm³/mol. The first-order chi connectivity index (χ1) is 31.9. The quantitative estimate of drug-likeness (QED) is 0.171. The average molecular weight is 922 g/mol. The van der Waals surface area contributed by atoms with Crippen molar-refractivity contribution < 1.29 is 33.4 Å². The smallest absolute Gasteiger partial charge is 0.293 e. The van der Waals surface area contributed by atoms with Crippen LogP contribution in [-0.2, 0) is 31.1 Å².